The maximum Gasteiger partial charge on any atom is 0.349 e. The zero-order chi connectivity index (χ0) is 16.7. The molecule has 7 heteroatoms. The minimum Gasteiger partial charge on any atom is -0.459 e. The molecule has 0 aliphatic heterocycles. The first-order chi connectivity index (χ1) is 10.4. The Balaban J connectivity index is 3.09. The Hall–Kier alpha value is -2.20. The number of hydrogen-bond acceptors (Lipinski definition) is 6. The number of nitriles is 1. The van der Waals surface area contributed by atoms with Crippen molar-refractivity contribution in [2.24, 2.45) is 0 Å². The van der Waals surface area contributed by atoms with Crippen molar-refractivity contribution in [1.82, 2.24) is 0 Å². The Bertz CT molecular complexity index is 626. The van der Waals surface area contributed by atoms with Gasteiger partial charge >= 0.3 is 5.97 Å². The van der Waals surface area contributed by atoms with Gasteiger partial charge in [-0.1, -0.05) is 13.3 Å². The van der Waals surface area contributed by atoms with Crippen LogP contribution in [0.25, 0.3) is 6.08 Å². The van der Waals surface area contributed by atoms with Crippen LogP contribution in [0.5, 0.6) is 0 Å². The quantitative estimate of drug-likeness (QED) is 0.250. The van der Waals surface area contributed by atoms with Gasteiger partial charge < -0.3 is 4.74 Å². The molecule has 0 saturated heterocycles. The third-order valence-electron chi connectivity index (χ3n) is 2.73. The van der Waals surface area contributed by atoms with E-state index in [2.05, 4.69) is 0 Å². The average molecular weight is 322 g/mol. The van der Waals surface area contributed by atoms with Crippen molar-refractivity contribution in [3.63, 3.8) is 0 Å². The van der Waals surface area contributed by atoms with E-state index >= 15 is 0 Å². The summed E-state index contributed by atoms with van der Waals surface area (Å²) in [5, 5.41) is 20.1. The summed E-state index contributed by atoms with van der Waals surface area (Å²) in [6.45, 7) is 5.38. The lowest BCUT2D eigenvalue weighted by Crippen LogP contribution is -2.12. The summed E-state index contributed by atoms with van der Waals surface area (Å²) in [6, 6.07) is 3.18. The molecule has 0 saturated carbocycles. The van der Waals surface area contributed by atoms with Crippen LogP contribution >= 0.6 is 11.3 Å². The highest BCUT2D eigenvalue weighted by Gasteiger charge is 2.19. The molecule has 0 spiro atoms. The van der Waals surface area contributed by atoms with Crippen molar-refractivity contribution in [3.05, 3.63) is 31.5 Å². The second-order valence-corrected chi connectivity index (χ2v) is 6.11. The van der Waals surface area contributed by atoms with E-state index in [1.165, 1.54) is 23.5 Å². The van der Waals surface area contributed by atoms with Gasteiger partial charge in [-0.2, -0.15) is 5.26 Å². The number of thiophene rings is 1. The molecule has 1 aromatic heterocycles. The number of hydrogen-bond donors (Lipinski definition) is 0. The minimum atomic E-state index is -0.719. The minimum absolute atomic E-state index is 0.0409. The molecular formula is C15H18N2O4S. The van der Waals surface area contributed by atoms with Crippen LogP contribution in [0, 0.1) is 21.4 Å². The summed E-state index contributed by atoms with van der Waals surface area (Å²) < 4.78 is 4.97. The zero-order valence-corrected chi connectivity index (χ0v) is 13.6. The van der Waals surface area contributed by atoms with E-state index in [-0.39, 0.29) is 17.4 Å². The van der Waals surface area contributed by atoms with Gasteiger partial charge in [0.15, 0.2) is 0 Å². The van der Waals surface area contributed by atoms with Crippen LogP contribution in [0.1, 0.15) is 43.4 Å². The van der Waals surface area contributed by atoms with Crippen molar-refractivity contribution in [1.29, 1.82) is 5.26 Å². The van der Waals surface area contributed by atoms with Crippen LogP contribution in [-0.2, 0) is 16.0 Å². The van der Waals surface area contributed by atoms with E-state index in [0.29, 0.717) is 16.2 Å². The largest absolute Gasteiger partial charge is 0.459 e. The summed E-state index contributed by atoms with van der Waals surface area (Å²) in [7, 11) is 0. The number of carbonyl (C=O) groups excluding carboxylic acids is 1. The molecule has 0 bridgehead atoms. The lowest BCUT2D eigenvalue weighted by atomic mass is 10.2. The molecule has 6 nitrogen and oxygen atoms in total. The molecule has 0 aliphatic rings. The molecule has 0 radical (unpaired) electrons. The predicted molar refractivity (Wildman–Crippen MR) is 84.4 cm³/mol. The summed E-state index contributed by atoms with van der Waals surface area (Å²) in [6.07, 6.45) is 3.42. The number of carbonyl (C=O) groups is 1. The highest BCUT2D eigenvalue weighted by Crippen LogP contribution is 2.32. The van der Waals surface area contributed by atoms with Crippen molar-refractivity contribution in [3.8, 4) is 6.07 Å². The summed E-state index contributed by atoms with van der Waals surface area (Å²) in [4.78, 5) is 23.5. The third kappa shape index (κ3) is 4.97. The zero-order valence-electron chi connectivity index (χ0n) is 12.8. The molecule has 0 fully saturated rings. The van der Waals surface area contributed by atoms with Crippen molar-refractivity contribution in [2.75, 3.05) is 0 Å². The van der Waals surface area contributed by atoms with Gasteiger partial charge in [0.1, 0.15) is 11.6 Å². The van der Waals surface area contributed by atoms with E-state index in [1.54, 1.807) is 19.9 Å². The van der Waals surface area contributed by atoms with Gasteiger partial charge in [-0.05, 0) is 32.8 Å². The highest BCUT2D eigenvalue weighted by molar-refractivity contribution is 7.13. The van der Waals surface area contributed by atoms with E-state index in [1.807, 2.05) is 6.92 Å². The standard InChI is InChI=1S/C15H18N2O4S/c1-4-5-6-14-13(17(19)20)8-12(22-14)7-11(9-16)15(18)21-10(2)3/h7-8,10H,4-6H2,1-3H3/b11-7+. The van der Waals surface area contributed by atoms with Crippen LogP contribution in [0.2, 0.25) is 0 Å². The van der Waals surface area contributed by atoms with Gasteiger partial charge in [-0.15, -0.1) is 11.3 Å². The fourth-order valence-corrected chi connectivity index (χ4v) is 2.85. The number of nitro groups is 1. The van der Waals surface area contributed by atoms with Gasteiger partial charge in [0.05, 0.1) is 15.9 Å². The molecule has 0 atom stereocenters. The summed E-state index contributed by atoms with van der Waals surface area (Å²) in [5.74, 6) is -0.719. The third-order valence-corrected chi connectivity index (χ3v) is 3.86. The Kier molecular flexibility index (Phi) is 6.73. The first kappa shape index (κ1) is 17.9. The SMILES string of the molecule is CCCCc1sc(/C=C(\C#N)C(=O)OC(C)C)cc1[N+](=O)[O-]. The Morgan fingerprint density at radius 2 is 2.27 bits per heavy atom. The van der Waals surface area contributed by atoms with E-state index in [4.69, 9.17) is 10.00 Å². The number of nitrogens with zero attached hydrogens (tertiary/aromatic N) is 2. The highest BCUT2D eigenvalue weighted by atomic mass is 32.1. The topological polar surface area (TPSA) is 93.2 Å². The number of unbranched alkanes of at least 4 members (excludes halogenated alkanes) is 1. The van der Waals surface area contributed by atoms with E-state index in [0.717, 1.165) is 12.8 Å². The maximum absolute atomic E-state index is 11.7. The van der Waals surface area contributed by atoms with Gasteiger partial charge in [0, 0.05) is 10.9 Å². The Morgan fingerprint density at radius 3 is 2.77 bits per heavy atom. The van der Waals surface area contributed by atoms with E-state index in [9.17, 15) is 14.9 Å². The van der Waals surface area contributed by atoms with Crippen LogP contribution < -0.4 is 0 Å². The molecule has 0 amide bonds. The second kappa shape index (κ2) is 8.29. The van der Waals surface area contributed by atoms with Crippen molar-refractivity contribution < 1.29 is 14.5 Å². The van der Waals surface area contributed by atoms with Crippen LogP contribution in [-0.4, -0.2) is 17.0 Å². The maximum atomic E-state index is 11.7. The fourth-order valence-electron chi connectivity index (χ4n) is 1.74. The molecule has 0 aliphatic carbocycles. The normalized spacial score (nSPS) is 11.3. The monoisotopic (exact) mass is 322 g/mol. The van der Waals surface area contributed by atoms with Gasteiger partial charge in [0.25, 0.3) is 5.69 Å². The van der Waals surface area contributed by atoms with Crippen LogP contribution in [0.4, 0.5) is 5.69 Å². The Morgan fingerprint density at radius 1 is 1.59 bits per heavy atom. The molecule has 0 unspecified atom stereocenters. The first-order valence-corrected chi connectivity index (χ1v) is 7.80. The fraction of sp³-hybridized carbons (Fsp3) is 0.467. The smallest absolute Gasteiger partial charge is 0.349 e. The second-order valence-electron chi connectivity index (χ2n) is 4.94. The predicted octanol–water partition coefficient (Wildman–Crippen LogP) is 3.86. The number of aryl methyl sites for hydroxylation is 1. The molecule has 22 heavy (non-hydrogen) atoms. The molecular weight excluding hydrogens is 304 g/mol. The van der Waals surface area contributed by atoms with Gasteiger partial charge in [-0.3, -0.25) is 10.1 Å². The number of ether oxygens (including phenoxy) is 1. The molecule has 1 heterocycles. The van der Waals surface area contributed by atoms with Gasteiger partial charge in [0.2, 0.25) is 0 Å². The van der Waals surface area contributed by atoms with Crippen molar-refractivity contribution >= 4 is 29.1 Å². The Labute approximate surface area is 133 Å². The summed E-state index contributed by atoms with van der Waals surface area (Å²) >= 11 is 1.23. The molecule has 118 valence electrons. The molecule has 1 rings (SSSR count). The number of esters is 1. The lowest BCUT2D eigenvalue weighted by molar-refractivity contribution is -0.385. The van der Waals surface area contributed by atoms with Gasteiger partial charge in [-0.25, -0.2) is 4.79 Å². The molecule has 1 aromatic rings. The van der Waals surface area contributed by atoms with Crippen LogP contribution in [0.3, 0.4) is 0 Å². The summed E-state index contributed by atoms with van der Waals surface area (Å²) in [5.41, 5.74) is -0.119. The molecule has 0 aromatic carbocycles. The van der Waals surface area contributed by atoms with Crippen LogP contribution in [0.15, 0.2) is 11.6 Å². The molecule has 0 N–H and O–H groups in total. The average Bonchev–Trinajstić information content (AvgIpc) is 2.84. The van der Waals surface area contributed by atoms with Crippen molar-refractivity contribution in [2.45, 2.75) is 46.1 Å². The number of rotatable bonds is 7. The first-order valence-electron chi connectivity index (χ1n) is 6.98. The van der Waals surface area contributed by atoms with E-state index < -0.39 is 10.9 Å². The lowest BCUT2D eigenvalue weighted by Gasteiger charge is -2.05.